The summed E-state index contributed by atoms with van der Waals surface area (Å²) < 4.78 is 5.01. The minimum absolute atomic E-state index is 0.00277. The number of pyridine rings is 1. The predicted octanol–water partition coefficient (Wildman–Crippen LogP) is 1.89. The molecule has 0 fully saturated rings. The highest BCUT2D eigenvalue weighted by Crippen LogP contribution is 2.05. The highest BCUT2D eigenvalue weighted by Gasteiger charge is 2.12. The van der Waals surface area contributed by atoms with Crippen molar-refractivity contribution >= 4 is 12.3 Å². The van der Waals surface area contributed by atoms with Crippen LogP contribution in [0.1, 0.15) is 42.2 Å². The predicted molar refractivity (Wildman–Crippen MR) is 58.8 cm³/mol. The maximum atomic E-state index is 11.5. The summed E-state index contributed by atoms with van der Waals surface area (Å²) in [5.74, 6) is -0.512. The fraction of sp³-hybridized carbons (Fsp3) is 0.417. The van der Waals surface area contributed by atoms with Gasteiger partial charge >= 0.3 is 5.97 Å². The molecule has 1 rings (SSSR count). The van der Waals surface area contributed by atoms with E-state index in [0.717, 1.165) is 19.3 Å². The van der Waals surface area contributed by atoms with Crippen molar-refractivity contribution in [3.05, 3.63) is 29.6 Å². The number of carbonyl (C=O) groups excluding carboxylic acids is 2. The smallest absolute Gasteiger partial charge is 0.340 e. The number of unbranched alkanes of at least 4 members (excludes halogenated alkanes) is 2. The molecule has 0 spiro atoms. The van der Waals surface area contributed by atoms with Gasteiger partial charge in [0, 0.05) is 6.20 Å². The van der Waals surface area contributed by atoms with Crippen LogP contribution in [0.4, 0.5) is 0 Å². The maximum absolute atomic E-state index is 11.5. The Kier molecular flexibility index (Phi) is 5.19. The molecule has 16 heavy (non-hydrogen) atoms. The Labute approximate surface area is 94.6 Å². The summed E-state index contributed by atoms with van der Waals surface area (Å²) in [6, 6.07) is 3.10. The number of ether oxygens (including phenoxy) is 1. The first-order valence-electron chi connectivity index (χ1n) is 5.30. The fourth-order valence-corrected chi connectivity index (χ4v) is 1.25. The van der Waals surface area contributed by atoms with E-state index in [2.05, 4.69) is 11.9 Å². The molecular weight excluding hydrogens is 206 g/mol. The molecule has 4 heteroatoms. The summed E-state index contributed by atoms with van der Waals surface area (Å²) in [6.45, 7) is 2.45. The van der Waals surface area contributed by atoms with Gasteiger partial charge in [-0.2, -0.15) is 0 Å². The summed E-state index contributed by atoms with van der Waals surface area (Å²) in [4.78, 5) is 25.8. The van der Waals surface area contributed by atoms with Crippen LogP contribution in [-0.4, -0.2) is 23.8 Å². The van der Waals surface area contributed by atoms with Gasteiger partial charge in [-0.15, -0.1) is 0 Å². The standard InChI is InChI=1S/C12H14NO3/c1-2-3-4-8-16-12(15)10-6-5-7-13-11(10)9-14/h5-7H,2-4,8H2,1H3. The van der Waals surface area contributed by atoms with E-state index in [1.807, 2.05) is 0 Å². The van der Waals surface area contributed by atoms with Gasteiger partial charge in [0.15, 0.2) is 0 Å². The Morgan fingerprint density at radius 3 is 3.00 bits per heavy atom. The van der Waals surface area contributed by atoms with Crippen molar-refractivity contribution in [2.24, 2.45) is 0 Å². The molecule has 1 heterocycles. The molecule has 0 unspecified atom stereocenters. The first-order valence-corrected chi connectivity index (χ1v) is 5.30. The SMILES string of the molecule is CCCCCOC(=O)c1cccnc1[C]=O. The number of carbonyl (C=O) groups is 1. The molecule has 85 valence electrons. The third-order valence-corrected chi connectivity index (χ3v) is 2.11. The zero-order valence-corrected chi connectivity index (χ0v) is 9.23. The van der Waals surface area contributed by atoms with Crippen molar-refractivity contribution in [1.82, 2.24) is 4.98 Å². The summed E-state index contributed by atoms with van der Waals surface area (Å²) in [5, 5.41) is 0. The number of aromatic nitrogens is 1. The highest BCUT2D eigenvalue weighted by atomic mass is 16.5. The molecule has 1 aromatic heterocycles. The molecule has 0 aliphatic heterocycles. The van der Waals surface area contributed by atoms with Crippen molar-refractivity contribution < 1.29 is 14.3 Å². The van der Waals surface area contributed by atoms with Crippen molar-refractivity contribution in [3.8, 4) is 0 Å². The first kappa shape index (κ1) is 12.4. The molecule has 4 nitrogen and oxygen atoms in total. The van der Waals surface area contributed by atoms with Gasteiger partial charge in [-0.1, -0.05) is 19.8 Å². The van der Waals surface area contributed by atoms with Gasteiger partial charge in [-0.25, -0.2) is 4.79 Å². The third-order valence-electron chi connectivity index (χ3n) is 2.11. The Balaban J connectivity index is 2.55. The van der Waals surface area contributed by atoms with Crippen molar-refractivity contribution in [3.63, 3.8) is 0 Å². The lowest BCUT2D eigenvalue weighted by molar-refractivity contribution is 0.0497. The lowest BCUT2D eigenvalue weighted by Crippen LogP contribution is -2.10. The van der Waals surface area contributed by atoms with Crippen LogP contribution in [0.3, 0.4) is 0 Å². The molecule has 1 aromatic rings. The normalized spacial score (nSPS) is 9.81. The minimum atomic E-state index is -0.512. The lowest BCUT2D eigenvalue weighted by atomic mass is 10.2. The third kappa shape index (κ3) is 3.46. The number of esters is 1. The van der Waals surface area contributed by atoms with Gasteiger partial charge in [0.25, 0.3) is 6.29 Å². The Hall–Kier alpha value is -1.71. The van der Waals surface area contributed by atoms with Gasteiger partial charge in [0.1, 0.15) is 5.69 Å². The van der Waals surface area contributed by atoms with Crippen LogP contribution >= 0.6 is 0 Å². The van der Waals surface area contributed by atoms with Crippen molar-refractivity contribution in [1.29, 1.82) is 0 Å². The number of rotatable bonds is 6. The molecule has 0 aliphatic carbocycles. The number of hydrogen-bond donors (Lipinski definition) is 0. The molecule has 0 aromatic carbocycles. The quantitative estimate of drug-likeness (QED) is 0.542. The molecule has 0 atom stereocenters. The first-order chi connectivity index (χ1) is 7.79. The zero-order valence-electron chi connectivity index (χ0n) is 9.23. The Morgan fingerprint density at radius 2 is 2.31 bits per heavy atom. The van der Waals surface area contributed by atoms with Crippen molar-refractivity contribution in [2.75, 3.05) is 6.61 Å². The molecule has 1 radical (unpaired) electrons. The van der Waals surface area contributed by atoms with Gasteiger partial charge in [-0.3, -0.25) is 9.78 Å². The van der Waals surface area contributed by atoms with E-state index in [-0.39, 0.29) is 11.3 Å². The van der Waals surface area contributed by atoms with E-state index >= 15 is 0 Å². The van der Waals surface area contributed by atoms with Gasteiger partial charge < -0.3 is 4.74 Å². The Bertz CT molecular complexity index is 363. The van der Waals surface area contributed by atoms with E-state index in [9.17, 15) is 9.59 Å². The topological polar surface area (TPSA) is 56.3 Å². The van der Waals surface area contributed by atoms with Gasteiger partial charge in [0.2, 0.25) is 0 Å². The summed E-state index contributed by atoms with van der Waals surface area (Å²) in [6.07, 6.45) is 5.98. The van der Waals surface area contributed by atoms with Crippen LogP contribution in [0.5, 0.6) is 0 Å². The van der Waals surface area contributed by atoms with Crippen molar-refractivity contribution in [2.45, 2.75) is 26.2 Å². The summed E-state index contributed by atoms with van der Waals surface area (Å²) >= 11 is 0. The monoisotopic (exact) mass is 220 g/mol. The van der Waals surface area contributed by atoms with E-state index in [1.165, 1.54) is 12.3 Å². The van der Waals surface area contributed by atoms with Crippen LogP contribution in [0, 0.1) is 0 Å². The van der Waals surface area contributed by atoms with E-state index < -0.39 is 5.97 Å². The second-order valence-corrected chi connectivity index (χ2v) is 3.34. The van der Waals surface area contributed by atoms with E-state index in [4.69, 9.17) is 4.74 Å². The van der Waals surface area contributed by atoms with Crippen LogP contribution < -0.4 is 0 Å². The molecule has 0 bridgehead atoms. The average Bonchev–Trinajstić information content (AvgIpc) is 2.34. The number of hydrogen-bond acceptors (Lipinski definition) is 4. The molecule has 0 aliphatic rings. The summed E-state index contributed by atoms with van der Waals surface area (Å²) in [7, 11) is 0. The fourth-order valence-electron chi connectivity index (χ4n) is 1.25. The summed E-state index contributed by atoms with van der Waals surface area (Å²) in [5.41, 5.74) is 0.178. The van der Waals surface area contributed by atoms with E-state index in [0.29, 0.717) is 6.61 Å². The van der Waals surface area contributed by atoms with Crippen LogP contribution in [-0.2, 0) is 9.53 Å². The lowest BCUT2D eigenvalue weighted by Gasteiger charge is -2.04. The minimum Gasteiger partial charge on any atom is -0.462 e. The largest absolute Gasteiger partial charge is 0.462 e. The molecule has 0 N–H and O–H groups in total. The van der Waals surface area contributed by atoms with Gasteiger partial charge in [0.05, 0.1) is 12.2 Å². The molecule has 0 amide bonds. The maximum Gasteiger partial charge on any atom is 0.340 e. The second kappa shape index (κ2) is 6.71. The zero-order chi connectivity index (χ0) is 11.8. The highest BCUT2D eigenvalue weighted by molar-refractivity contribution is 5.97. The molecule has 0 saturated heterocycles. The van der Waals surface area contributed by atoms with Crippen LogP contribution in [0.15, 0.2) is 18.3 Å². The van der Waals surface area contributed by atoms with Gasteiger partial charge in [-0.05, 0) is 18.6 Å². The average molecular weight is 220 g/mol. The second-order valence-electron chi connectivity index (χ2n) is 3.34. The Morgan fingerprint density at radius 1 is 1.50 bits per heavy atom. The number of nitrogens with zero attached hydrogens (tertiary/aromatic N) is 1. The van der Waals surface area contributed by atoms with Crippen LogP contribution in [0.2, 0.25) is 0 Å². The molecular formula is C12H14NO3. The van der Waals surface area contributed by atoms with E-state index in [1.54, 1.807) is 12.4 Å². The molecule has 0 saturated carbocycles. The van der Waals surface area contributed by atoms with Crippen LogP contribution in [0.25, 0.3) is 0 Å².